The molecule has 1 heterocycles. The summed E-state index contributed by atoms with van der Waals surface area (Å²) in [6.45, 7) is 3.35. The topological polar surface area (TPSA) is 52.6 Å². The second-order valence-corrected chi connectivity index (χ2v) is 7.76. The maximum absolute atomic E-state index is 12.5. The molecule has 0 aromatic heterocycles. The van der Waals surface area contributed by atoms with Gasteiger partial charge in [-0.2, -0.15) is 0 Å². The molecular weight excluding hydrogens is 312 g/mol. The second-order valence-electron chi connectivity index (χ2n) is 7.76. The number of piperidine rings is 1. The van der Waals surface area contributed by atoms with Crippen LogP contribution in [0.5, 0.6) is 0 Å². The van der Waals surface area contributed by atoms with Gasteiger partial charge in [0.05, 0.1) is 0 Å². The molecule has 138 valence electrons. The lowest BCUT2D eigenvalue weighted by Gasteiger charge is -2.31. The third-order valence-electron chi connectivity index (χ3n) is 5.78. The number of aliphatic hydroxyl groups excluding tert-OH is 1. The monoisotopic (exact) mass is 344 g/mol. The van der Waals surface area contributed by atoms with Crippen molar-refractivity contribution < 1.29 is 9.90 Å². The van der Waals surface area contributed by atoms with E-state index < -0.39 is 0 Å². The molecule has 2 N–H and O–H groups in total. The first kappa shape index (κ1) is 18.4. The Morgan fingerprint density at radius 2 is 1.64 bits per heavy atom. The minimum atomic E-state index is 0.0715. The Labute approximate surface area is 151 Å². The summed E-state index contributed by atoms with van der Waals surface area (Å²) in [7, 11) is 0. The number of amides is 1. The van der Waals surface area contributed by atoms with E-state index in [9.17, 15) is 9.90 Å². The average Bonchev–Trinajstić information content (AvgIpc) is 2.91. The number of benzene rings is 1. The Bertz CT molecular complexity index is 527. The zero-order valence-corrected chi connectivity index (χ0v) is 15.3. The van der Waals surface area contributed by atoms with Crippen LogP contribution in [-0.4, -0.2) is 41.7 Å². The van der Waals surface area contributed by atoms with Gasteiger partial charge in [0.25, 0.3) is 5.91 Å². The van der Waals surface area contributed by atoms with Crippen molar-refractivity contribution in [2.75, 3.05) is 19.7 Å². The highest BCUT2D eigenvalue weighted by Crippen LogP contribution is 2.19. The Balaban J connectivity index is 1.48. The van der Waals surface area contributed by atoms with Gasteiger partial charge in [0, 0.05) is 24.8 Å². The molecule has 0 radical (unpaired) electrons. The van der Waals surface area contributed by atoms with Crippen LogP contribution in [0.1, 0.15) is 67.3 Å². The predicted molar refractivity (Wildman–Crippen MR) is 100 cm³/mol. The van der Waals surface area contributed by atoms with Crippen molar-refractivity contribution >= 4 is 5.91 Å². The summed E-state index contributed by atoms with van der Waals surface area (Å²) in [5.41, 5.74) is 2.03. The molecule has 1 amide bonds. The fourth-order valence-corrected chi connectivity index (χ4v) is 4.04. The first-order valence-electron chi connectivity index (χ1n) is 9.97. The summed E-state index contributed by atoms with van der Waals surface area (Å²) in [5.74, 6) is 0.550. The number of carbonyl (C=O) groups excluding carboxylic acids is 1. The van der Waals surface area contributed by atoms with Crippen LogP contribution < -0.4 is 5.32 Å². The van der Waals surface area contributed by atoms with Gasteiger partial charge < -0.3 is 10.4 Å². The summed E-state index contributed by atoms with van der Waals surface area (Å²) < 4.78 is 0. The van der Waals surface area contributed by atoms with Gasteiger partial charge in [0.2, 0.25) is 0 Å². The zero-order chi connectivity index (χ0) is 17.5. The smallest absolute Gasteiger partial charge is 0.251 e. The summed E-state index contributed by atoms with van der Waals surface area (Å²) in [6.07, 6.45) is 9.47. The molecule has 0 unspecified atom stereocenters. The highest BCUT2D eigenvalue weighted by atomic mass is 16.3. The van der Waals surface area contributed by atoms with Crippen LogP contribution >= 0.6 is 0 Å². The van der Waals surface area contributed by atoms with Crippen molar-refractivity contribution in [2.45, 2.75) is 64.0 Å². The molecule has 25 heavy (non-hydrogen) atoms. The van der Waals surface area contributed by atoms with E-state index in [4.69, 9.17) is 0 Å². The molecule has 0 spiro atoms. The molecule has 4 heteroatoms. The van der Waals surface area contributed by atoms with E-state index in [2.05, 4.69) is 22.3 Å². The van der Waals surface area contributed by atoms with Gasteiger partial charge in [-0.1, -0.05) is 37.8 Å². The first-order chi connectivity index (χ1) is 12.2. The van der Waals surface area contributed by atoms with Crippen LogP contribution in [0.3, 0.4) is 0 Å². The van der Waals surface area contributed by atoms with Crippen LogP contribution in [0.2, 0.25) is 0 Å². The molecular formula is C21H32N2O2. The van der Waals surface area contributed by atoms with Gasteiger partial charge in [-0.05, 0) is 62.4 Å². The first-order valence-corrected chi connectivity index (χ1v) is 9.97. The molecule has 4 nitrogen and oxygen atoms in total. The number of rotatable bonds is 5. The third kappa shape index (κ3) is 5.55. The van der Waals surface area contributed by atoms with E-state index in [1.165, 1.54) is 31.2 Å². The Kier molecular flexibility index (Phi) is 6.88. The van der Waals surface area contributed by atoms with E-state index in [1.807, 2.05) is 12.1 Å². The predicted octanol–water partition coefficient (Wildman–Crippen LogP) is 3.34. The molecule has 1 aliphatic heterocycles. The molecule has 1 aromatic rings. The summed E-state index contributed by atoms with van der Waals surface area (Å²) in [6, 6.07) is 8.44. The standard InChI is InChI=1S/C21H32N2O2/c24-16-18-11-13-23(14-12-18)15-17-7-9-19(10-8-17)21(25)22-20-5-3-1-2-4-6-20/h7-10,18,20,24H,1-6,11-16H2,(H,22,25). The van der Waals surface area contributed by atoms with Crippen LogP contribution in [-0.2, 0) is 6.54 Å². The summed E-state index contributed by atoms with van der Waals surface area (Å²) in [5, 5.41) is 12.4. The fraction of sp³-hybridized carbons (Fsp3) is 0.667. The van der Waals surface area contributed by atoms with Crippen molar-refractivity contribution in [1.82, 2.24) is 10.2 Å². The lowest BCUT2D eigenvalue weighted by molar-refractivity contribution is 0.0933. The lowest BCUT2D eigenvalue weighted by atomic mass is 9.97. The zero-order valence-electron chi connectivity index (χ0n) is 15.3. The van der Waals surface area contributed by atoms with Gasteiger partial charge >= 0.3 is 0 Å². The number of aliphatic hydroxyl groups is 1. The number of nitrogens with zero attached hydrogens (tertiary/aromatic N) is 1. The maximum Gasteiger partial charge on any atom is 0.251 e. The number of nitrogens with one attached hydrogen (secondary N) is 1. The van der Waals surface area contributed by atoms with Crippen molar-refractivity contribution in [2.24, 2.45) is 5.92 Å². The normalized spacial score (nSPS) is 21.0. The number of hydrogen-bond donors (Lipinski definition) is 2. The van der Waals surface area contributed by atoms with E-state index in [0.29, 0.717) is 18.6 Å². The largest absolute Gasteiger partial charge is 0.396 e. The molecule has 1 saturated heterocycles. The molecule has 3 rings (SSSR count). The summed E-state index contributed by atoms with van der Waals surface area (Å²) in [4.78, 5) is 14.9. The van der Waals surface area contributed by atoms with Gasteiger partial charge in [0.15, 0.2) is 0 Å². The molecule has 1 aromatic carbocycles. The number of hydrogen-bond acceptors (Lipinski definition) is 3. The Morgan fingerprint density at radius 3 is 2.24 bits per heavy atom. The Morgan fingerprint density at radius 1 is 1.00 bits per heavy atom. The molecule has 1 aliphatic carbocycles. The van der Waals surface area contributed by atoms with Crippen molar-refractivity contribution in [3.63, 3.8) is 0 Å². The van der Waals surface area contributed by atoms with Crippen LogP contribution in [0.4, 0.5) is 0 Å². The van der Waals surface area contributed by atoms with Crippen LogP contribution in [0, 0.1) is 5.92 Å². The van der Waals surface area contributed by atoms with Gasteiger partial charge in [-0.15, -0.1) is 0 Å². The molecule has 1 saturated carbocycles. The highest BCUT2D eigenvalue weighted by molar-refractivity contribution is 5.94. The van der Waals surface area contributed by atoms with Crippen LogP contribution in [0.25, 0.3) is 0 Å². The summed E-state index contributed by atoms with van der Waals surface area (Å²) >= 11 is 0. The van der Waals surface area contributed by atoms with Crippen molar-refractivity contribution in [1.29, 1.82) is 0 Å². The molecule has 2 fully saturated rings. The van der Waals surface area contributed by atoms with Crippen molar-refractivity contribution in [3.05, 3.63) is 35.4 Å². The van der Waals surface area contributed by atoms with Gasteiger partial charge in [-0.25, -0.2) is 0 Å². The molecule has 2 aliphatic rings. The molecule has 0 atom stereocenters. The second kappa shape index (κ2) is 9.35. The van der Waals surface area contributed by atoms with Gasteiger partial charge in [-0.3, -0.25) is 9.69 Å². The maximum atomic E-state index is 12.5. The Hall–Kier alpha value is -1.39. The van der Waals surface area contributed by atoms with Crippen LogP contribution in [0.15, 0.2) is 24.3 Å². The number of carbonyl (C=O) groups is 1. The SMILES string of the molecule is O=C(NC1CCCCCC1)c1ccc(CN2CCC(CO)CC2)cc1. The number of likely N-dealkylation sites (tertiary alicyclic amines) is 1. The van der Waals surface area contributed by atoms with E-state index in [-0.39, 0.29) is 5.91 Å². The van der Waals surface area contributed by atoms with Crippen molar-refractivity contribution in [3.8, 4) is 0 Å². The van der Waals surface area contributed by atoms with E-state index in [1.54, 1.807) is 0 Å². The fourth-order valence-electron chi connectivity index (χ4n) is 4.04. The average molecular weight is 344 g/mol. The van der Waals surface area contributed by atoms with Gasteiger partial charge in [0.1, 0.15) is 0 Å². The van der Waals surface area contributed by atoms with E-state index >= 15 is 0 Å². The minimum absolute atomic E-state index is 0.0715. The minimum Gasteiger partial charge on any atom is -0.396 e. The third-order valence-corrected chi connectivity index (χ3v) is 5.78. The lowest BCUT2D eigenvalue weighted by Crippen LogP contribution is -2.34. The van der Waals surface area contributed by atoms with E-state index in [0.717, 1.165) is 50.9 Å². The quantitative estimate of drug-likeness (QED) is 0.806. The highest BCUT2D eigenvalue weighted by Gasteiger charge is 2.19. The molecule has 0 bridgehead atoms.